The van der Waals surface area contributed by atoms with Gasteiger partial charge in [0, 0.05) is 17.3 Å². The number of alkyl halides is 3. The molecule has 31 heavy (non-hydrogen) atoms. The standard InChI is InChI=1S/C17H22N4O3.C2HF3O2/c1-21(2,3)11-14(10-16(22)23)19-17(24)13-6-4-5-12(9-13)15-7-8-18-20-15;3-2(4,5)1(6)7/h4-9,14H,10-11H2,1-3H3,(H2-,18,19,20,22,23,24);(H,6,7)/p+1/t14-;/m1./s1. The van der Waals surface area contributed by atoms with Gasteiger partial charge >= 0.3 is 18.1 Å². The smallest absolute Gasteiger partial charge is 0.481 e. The maximum absolute atomic E-state index is 12.5. The summed E-state index contributed by atoms with van der Waals surface area (Å²) in [6.45, 7) is 0.526. The molecule has 9 nitrogen and oxygen atoms in total. The predicted octanol–water partition coefficient (Wildman–Crippen LogP) is 1.99. The summed E-state index contributed by atoms with van der Waals surface area (Å²) in [5.74, 6) is -3.97. The Balaban J connectivity index is 0.000000592. The third-order valence-corrected chi connectivity index (χ3v) is 3.70. The first-order valence-electron chi connectivity index (χ1n) is 8.92. The molecule has 1 atom stereocenters. The van der Waals surface area contributed by atoms with E-state index >= 15 is 0 Å². The number of nitrogens with zero attached hydrogens (tertiary/aromatic N) is 2. The Morgan fingerprint density at radius 1 is 1.16 bits per heavy atom. The number of benzene rings is 1. The number of hydrogen-bond acceptors (Lipinski definition) is 4. The molecule has 0 radical (unpaired) electrons. The van der Waals surface area contributed by atoms with Crippen LogP contribution in [0.5, 0.6) is 0 Å². The lowest BCUT2D eigenvalue weighted by atomic mass is 10.1. The summed E-state index contributed by atoms with van der Waals surface area (Å²) in [5, 5.41) is 25.8. The largest absolute Gasteiger partial charge is 0.490 e. The predicted molar refractivity (Wildman–Crippen MR) is 104 cm³/mol. The molecule has 0 saturated carbocycles. The van der Waals surface area contributed by atoms with E-state index in [1.165, 1.54) is 0 Å². The lowest BCUT2D eigenvalue weighted by molar-refractivity contribution is -0.871. The summed E-state index contributed by atoms with van der Waals surface area (Å²) in [7, 11) is 5.87. The summed E-state index contributed by atoms with van der Waals surface area (Å²) < 4.78 is 32.3. The number of nitrogens with one attached hydrogen (secondary N) is 2. The van der Waals surface area contributed by atoms with Gasteiger partial charge in [-0.2, -0.15) is 18.3 Å². The molecule has 0 unspecified atom stereocenters. The van der Waals surface area contributed by atoms with Crippen molar-refractivity contribution < 1.29 is 42.3 Å². The summed E-state index contributed by atoms with van der Waals surface area (Å²) in [5.41, 5.74) is 2.15. The van der Waals surface area contributed by atoms with E-state index in [4.69, 9.17) is 15.0 Å². The Labute approximate surface area is 176 Å². The molecule has 0 fully saturated rings. The first kappa shape index (κ1) is 25.6. The Bertz CT molecular complexity index is 893. The second kappa shape index (κ2) is 10.6. The topological polar surface area (TPSA) is 132 Å². The highest BCUT2D eigenvalue weighted by molar-refractivity contribution is 5.95. The van der Waals surface area contributed by atoms with E-state index in [1.807, 2.05) is 33.3 Å². The molecular formula is C19H24F3N4O5+. The lowest BCUT2D eigenvalue weighted by Crippen LogP contribution is -2.49. The second-order valence-corrected chi connectivity index (χ2v) is 7.60. The maximum atomic E-state index is 12.5. The van der Waals surface area contributed by atoms with E-state index in [-0.39, 0.29) is 12.3 Å². The Morgan fingerprint density at radius 2 is 1.77 bits per heavy atom. The number of carbonyl (C=O) groups is 3. The second-order valence-electron chi connectivity index (χ2n) is 7.60. The van der Waals surface area contributed by atoms with Crippen LogP contribution in [0.3, 0.4) is 0 Å². The summed E-state index contributed by atoms with van der Waals surface area (Å²) in [4.78, 5) is 32.5. The molecule has 4 N–H and O–H groups in total. The average Bonchev–Trinajstić information content (AvgIpc) is 3.14. The molecule has 1 amide bonds. The number of rotatable bonds is 7. The third kappa shape index (κ3) is 9.76. The van der Waals surface area contributed by atoms with E-state index in [0.29, 0.717) is 16.6 Å². The number of aliphatic carboxylic acids is 2. The van der Waals surface area contributed by atoms with Crippen LogP contribution in [-0.2, 0) is 9.59 Å². The zero-order chi connectivity index (χ0) is 23.8. The van der Waals surface area contributed by atoms with Crippen LogP contribution in [-0.4, -0.2) is 82.6 Å². The number of carbonyl (C=O) groups excluding carboxylic acids is 1. The van der Waals surface area contributed by atoms with Crippen LogP contribution in [0.15, 0.2) is 36.5 Å². The van der Waals surface area contributed by atoms with Gasteiger partial charge in [0.2, 0.25) is 0 Å². The lowest BCUT2D eigenvalue weighted by Gasteiger charge is -2.29. The van der Waals surface area contributed by atoms with Crippen molar-refractivity contribution in [1.82, 2.24) is 15.5 Å². The number of H-pyrrole nitrogens is 1. The Kier molecular flexibility index (Phi) is 8.74. The van der Waals surface area contributed by atoms with Crippen LogP contribution in [0.4, 0.5) is 13.2 Å². The van der Waals surface area contributed by atoms with Crippen molar-refractivity contribution in [3.05, 3.63) is 42.1 Å². The SMILES string of the molecule is C[N+](C)(C)C[C@@H](CC(=O)O)NC(=O)c1cccc(-c2ccn[nH]2)c1.O=C(O)C(F)(F)F. The minimum absolute atomic E-state index is 0.110. The first-order chi connectivity index (χ1) is 14.2. The monoisotopic (exact) mass is 445 g/mol. The van der Waals surface area contributed by atoms with Crippen molar-refractivity contribution in [2.45, 2.75) is 18.6 Å². The number of quaternary nitrogens is 1. The van der Waals surface area contributed by atoms with E-state index in [1.54, 1.807) is 24.4 Å². The molecule has 0 aliphatic heterocycles. The molecule has 2 aromatic rings. The minimum atomic E-state index is -5.08. The summed E-state index contributed by atoms with van der Waals surface area (Å²) in [6, 6.07) is 8.51. The van der Waals surface area contributed by atoms with Gasteiger partial charge in [-0.05, 0) is 18.2 Å². The number of carboxylic acid groups (broad SMARTS) is 2. The van der Waals surface area contributed by atoms with Crippen molar-refractivity contribution in [3.63, 3.8) is 0 Å². The summed E-state index contributed by atoms with van der Waals surface area (Å²) in [6.07, 6.45) is -3.55. The number of aromatic amines is 1. The number of carboxylic acids is 2. The molecule has 0 bridgehead atoms. The molecule has 1 aromatic carbocycles. The number of likely N-dealkylation sites (N-methyl/N-ethyl adjacent to an activating group) is 1. The van der Waals surface area contributed by atoms with Crippen LogP contribution in [0, 0.1) is 0 Å². The van der Waals surface area contributed by atoms with Crippen LogP contribution >= 0.6 is 0 Å². The zero-order valence-corrected chi connectivity index (χ0v) is 17.1. The minimum Gasteiger partial charge on any atom is -0.481 e. The quantitative estimate of drug-likeness (QED) is 0.482. The Hall–Kier alpha value is -3.41. The third-order valence-electron chi connectivity index (χ3n) is 3.70. The van der Waals surface area contributed by atoms with E-state index in [2.05, 4.69) is 15.5 Å². The van der Waals surface area contributed by atoms with E-state index in [0.717, 1.165) is 11.3 Å². The van der Waals surface area contributed by atoms with E-state index < -0.39 is 24.2 Å². The highest BCUT2D eigenvalue weighted by atomic mass is 19.4. The fourth-order valence-electron chi connectivity index (χ4n) is 2.55. The van der Waals surface area contributed by atoms with Crippen molar-refractivity contribution in [3.8, 4) is 11.3 Å². The molecule has 0 aliphatic rings. The van der Waals surface area contributed by atoms with Crippen molar-refractivity contribution in [2.24, 2.45) is 0 Å². The zero-order valence-electron chi connectivity index (χ0n) is 17.1. The van der Waals surface area contributed by atoms with Gasteiger partial charge in [0.05, 0.1) is 45.8 Å². The molecule has 2 rings (SSSR count). The molecular weight excluding hydrogens is 421 g/mol. The molecule has 0 saturated heterocycles. The van der Waals surface area contributed by atoms with Crippen molar-refractivity contribution in [1.29, 1.82) is 0 Å². The number of amides is 1. The van der Waals surface area contributed by atoms with Crippen molar-refractivity contribution in [2.75, 3.05) is 27.7 Å². The number of hydrogen-bond donors (Lipinski definition) is 4. The molecule has 170 valence electrons. The Morgan fingerprint density at radius 3 is 2.23 bits per heavy atom. The highest BCUT2D eigenvalue weighted by Crippen LogP contribution is 2.17. The number of halogens is 3. The van der Waals surface area contributed by atoms with Crippen LogP contribution in [0.25, 0.3) is 11.3 Å². The van der Waals surface area contributed by atoms with Gasteiger partial charge in [-0.1, -0.05) is 12.1 Å². The van der Waals surface area contributed by atoms with Crippen molar-refractivity contribution >= 4 is 17.8 Å². The van der Waals surface area contributed by atoms with Gasteiger partial charge in [-0.3, -0.25) is 14.7 Å². The van der Waals surface area contributed by atoms with Gasteiger partial charge < -0.3 is 20.0 Å². The van der Waals surface area contributed by atoms with E-state index in [9.17, 15) is 22.8 Å². The molecule has 1 heterocycles. The van der Waals surface area contributed by atoms with Crippen LogP contribution in [0.2, 0.25) is 0 Å². The first-order valence-corrected chi connectivity index (χ1v) is 8.92. The summed E-state index contributed by atoms with van der Waals surface area (Å²) >= 11 is 0. The van der Waals surface area contributed by atoms with Gasteiger partial charge in [0.25, 0.3) is 5.91 Å². The van der Waals surface area contributed by atoms with Gasteiger partial charge in [0.15, 0.2) is 0 Å². The normalized spacial score (nSPS) is 12.3. The maximum Gasteiger partial charge on any atom is 0.490 e. The van der Waals surface area contributed by atoms with Gasteiger partial charge in [-0.15, -0.1) is 0 Å². The fourth-order valence-corrected chi connectivity index (χ4v) is 2.55. The molecule has 12 heteroatoms. The number of aromatic nitrogens is 2. The molecule has 0 spiro atoms. The highest BCUT2D eigenvalue weighted by Gasteiger charge is 2.38. The van der Waals surface area contributed by atoms with Crippen LogP contribution in [0.1, 0.15) is 16.8 Å². The fraction of sp³-hybridized carbons (Fsp3) is 0.368. The van der Waals surface area contributed by atoms with Gasteiger partial charge in [0.1, 0.15) is 0 Å². The molecule has 0 aliphatic carbocycles. The van der Waals surface area contributed by atoms with Gasteiger partial charge in [-0.25, -0.2) is 4.79 Å². The average molecular weight is 445 g/mol. The van der Waals surface area contributed by atoms with Crippen LogP contribution < -0.4 is 5.32 Å². The molecule has 1 aromatic heterocycles.